The fraction of sp³-hybridized carbons (Fsp3) is 0.263. The quantitative estimate of drug-likeness (QED) is 0.548. The first-order chi connectivity index (χ1) is 13.2. The average Bonchev–Trinajstić information content (AvgIpc) is 3.35. The molecule has 0 saturated carbocycles. The summed E-state index contributed by atoms with van der Waals surface area (Å²) in [5.74, 6) is 1.11. The van der Waals surface area contributed by atoms with Crippen LogP contribution in [0.15, 0.2) is 56.7 Å². The monoisotopic (exact) mass is 382 g/mol. The Kier molecular flexibility index (Phi) is 6.28. The van der Waals surface area contributed by atoms with Gasteiger partial charge in [-0.1, -0.05) is 29.5 Å². The first-order valence-corrected chi connectivity index (χ1v) is 9.34. The third-order valence-corrected chi connectivity index (χ3v) is 4.60. The summed E-state index contributed by atoms with van der Waals surface area (Å²) in [6, 6.07) is 13.4. The average molecular weight is 382 g/mol. The minimum Gasteiger partial charge on any atom is -0.467 e. The Morgan fingerprint density at radius 3 is 2.78 bits per heavy atom. The van der Waals surface area contributed by atoms with E-state index in [1.807, 2.05) is 31.2 Å². The van der Waals surface area contributed by atoms with Gasteiger partial charge < -0.3 is 13.7 Å². The highest BCUT2D eigenvalue weighted by molar-refractivity contribution is 7.99. The van der Waals surface area contributed by atoms with Gasteiger partial charge in [0.25, 0.3) is 5.22 Å². The highest BCUT2D eigenvalue weighted by Crippen LogP contribution is 2.23. The molecule has 0 atom stereocenters. The fourth-order valence-corrected chi connectivity index (χ4v) is 3.03. The van der Waals surface area contributed by atoms with Crippen molar-refractivity contribution in [1.29, 1.82) is 5.26 Å². The van der Waals surface area contributed by atoms with Gasteiger partial charge >= 0.3 is 0 Å². The molecule has 138 valence electrons. The standard InChI is InChI=1S/C19H18N4O3S/c1-14-5-7-15(8-6-14)18-21-22-19(26-18)27-13-17(24)23(10-3-9-20)12-16-4-2-11-25-16/h2,4-8,11H,3,10,12-13H2,1H3. The SMILES string of the molecule is Cc1ccc(-c2nnc(SCC(=O)N(CCC#N)Cc3ccco3)o2)cc1. The Balaban J connectivity index is 1.59. The van der Waals surface area contributed by atoms with Gasteiger partial charge in [0.1, 0.15) is 5.76 Å². The molecule has 0 spiro atoms. The molecule has 3 aromatic rings. The number of carbonyl (C=O) groups excluding carboxylic acids is 1. The molecule has 3 rings (SSSR count). The molecular weight excluding hydrogens is 364 g/mol. The van der Waals surface area contributed by atoms with E-state index in [0.29, 0.717) is 30.0 Å². The molecular formula is C19H18N4O3S. The zero-order chi connectivity index (χ0) is 19.1. The van der Waals surface area contributed by atoms with E-state index in [9.17, 15) is 4.79 Å². The van der Waals surface area contributed by atoms with Crippen molar-refractivity contribution in [2.75, 3.05) is 12.3 Å². The van der Waals surface area contributed by atoms with Gasteiger partial charge in [0.05, 0.1) is 31.1 Å². The van der Waals surface area contributed by atoms with Gasteiger partial charge in [0.15, 0.2) is 0 Å². The number of rotatable bonds is 8. The van der Waals surface area contributed by atoms with Crippen LogP contribution >= 0.6 is 11.8 Å². The van der Waals surface area contributed by atoms with Crippen molar-refractivity contribution in [3.8, 4) is 17.5 Å². The maximum Gasteiger partial charge on any atom is 0.277 e. The van der Waals surface area contributed by atoms with E-state index in [1.54, 1.807) is 23.3 Å². The van der Waals surface area contributed by atoms with Crippen LogP contribution in [-0.2, 0) is 11.3 Å². The van der Waals surface area contributed by atoms with E-state index in [-0.39, 0.29) is 18.1 Å². The molecule has 0 radical (unpaired) electrons. The summed E-state index contributed by atoms with van der Waals surface area (Å²) in [5, 5.41) is 17.2. The zero-order valence-corrected chi connectivity index (χ0v) is 15.6. The molecule has 0 N–H and O–H groups in total. The summed E-state index contributed by atoms with van der Waals surface area (Å²) in [5.41, 5.74) is 1.98. The molecule has 7 nitrogen and oxygen atoms in total. The Labute approximate surface area is 161 Å². The lowest BCUT2D eigenvalue weighted by atomic mass is 10.1. The van der Waals surface area contributed by atoms with Gasteiger partial charge in [-0.25, -0.2) is 0 Å². The third kappa shape index (κ3) is 5.21. The number of nitriles is 1. The topological polar surface area (TPSA) is 96.2 Å². The minimum atomic E-state index is -0.123. The van der Waals surface area contributed by atoms with Gasteiger partial charge in [-0.3, -0.25) is 4.79 Å². The van der Waals surface area contributed by atoms with Crippen molar-refractivity contribution in [3.63, 3.8) is 0 Å². The van der Waals surface area contributed by atoms with Crippen LogP contribution in [0.4, 0.5) is 0 Å². The Hall–Kier alpha value is -3.05. The molecule has 2 aromatic heterocycles. The molecule has 8 heteroatoms. The molecule has 0 unspecified atom stereocenters. The first kappa shape index (κ1) is 18.7. The summed E-state index contributed by atoms with van der Waals surface area (Å²) < 4.78 is 10.9. The summed E-state index contributed by atoms with van der Waals surface area (Å²) >= 11 is 1.18. The number of aryl methyl sites for hydroxylation is 1. The van der Waals surface area contributed by atoms with Gasteiger partial charge in [-0.2, -0.15) is 5.26 Å². The summed E-state index contributed by atoms with van der Waals surface area (Å²) in [4.78, 5) is 14.1. The third-order valence-electron chi connectivity index (χ3n) is 3.80. The van der Waals surface area contributed by atoms with E-state index >= 15 is 0 Å². The highest BCUT2D eigenvalue weighted by Gasteiger charge is 2.17. The minimum absolute atomic E-state index is 0.123. The maximum absolute atomic E-state index is 12.5. The molecule has 0 fully saturated rings. The normalized spacial score (nSPS) is 10.5. The van der Waals surface area contributed by atoms with Crippen LogP contribution < -0.4 is 0 Å². The Morgan fingerprint density at radius 1 is 1.26 bits per heavy atom. The lowest BCUT2D eigenvalue weighted by Crippen LogP contribution is -2.32. The predicted octanol–water partition coefficient (Wildman–Crippen LogP) is 3.67. The van der Waals surface area contributed by atoms with Crippen LogP contribution in [0, 0.1) is 18.3 Å². The second kappa shape index (κ2) is 9.05. The number of furan rings is 1. The van der Waals surface area contributed by atoms with Crippen LogP contribution in [0.3, 0.4) is 0 Å². The number of benzene rings is 1. The number of hydrogen-bond acceptors (Lipinski definition) is 7. The van der Waals surface area contributed by atoms with Crippen LogP contribution in [0.1, 0.15) is 17.7 Å². The smallest absolute Gasteiger partial charge is 0.277 e. The fourth-order valence-electron chi connectivity index (χ4n) is 2.36. The maximum atomic E-state index is 12.5. The largest absolute Gasteiger partial charge is 0.467 e. The Bertz CT molecular complexity index is 913. The summed E-state index contributed by atoms with van der Waals surface area (Å²) in [6.45, 7) is 2.67. The summed E-state index contributed by atoms with van der Waals surface area (Å²) in [6.07, 6.45) is 1.82. The van der Waals surface area contributed by atoms with Crippen molar-refractivity contribution in [2.45, 2.75) is 25.1 Å². The Morgan fingerprint density at radius 2 is 2.07 bits per heavy atom. The zero-order valence-electron chi connectivity index (χ0n) is 14.8. The van der Waals surface area contributed by atoms with Crippen LogP contribution in [0.2, 0.25) is 0 Å². The number of nitrogens with zero attached hydrogens (tertiary/aromatic N) is 4. The van der Waals surface area contributed by atoms with E-state index < -0.39 is 0 Å². The molecule has 0 bridgehead atoms. The molecule has 0 saturated heterocycles. The van der Waals surface area contributed by atoms with Crippen LogP contribution in [-0.4, -0.2) is 33.3 Å². The number of amides is 1. The second-order valence-corrected chi connectivity index (χ2v) is 6.76. The molecule has 2 heterocycles. The van der Waals surface area contributed by atoms with Crippen molar-refractivity contribution in [3.05, 3.63) is 54.0 Å². The number of aromatic nitrogens is 2. The van der Waals surface area contributed by atoms with Crippen molar-refractivity contribution < 1.29 is 13.6 Å². The molecule has 0 aliphatic heterocycles. The number of carbonyl (C=O) groups is 1. The molecule has 1 aromatic carbocycles. The van der Waals surface area contributed by atoms with Gasteiger partial charge in [0, 0.05) is 12.1 Å². The van der Waals surface area contributed by atoms with Crippen molar-refractivity contribution in [1.82, 2.24) is 15.1 Å². The van der Waals surface area contributed by atoms with E-state index in [2.05, 4.69) is 16.3 Å². The highest BCUT2D eigenvalue weighted by atomic mass is 32.2. The summed E-state index contributed by atoms with van der Waals surface area (Å²) in [7, 11) is 0. The van der Waals surface area contributed by atoms with Crippen LogP contribution in [0.5, 0.6) is 0 Å². The second-order valence-electron chi connectivity index (χ2n) is 5.83. The number of hydrogen-bond donors (Lipinski definition) is 0. The van der Waals surface area contributed by atoms with Crippen LogP contribution in [0.25, 0.3) is 11.5 Å². The molecule has 0 aliphatic carbocycles. The van der Waals surface area contributed by atoms with E-state index in [1.165, 1.54) is 11.8 Å². The number of thioether (sulfide) groups is 1. The van der Waals surface area contributed by atoms with Crippen molar-refractivity contribution >= 4 is 17.7 Å². The first-order valence-electron chi connectivity index (χ1n) is 8.36. The lowest BCUT2D eigenvalue weighted by molar-refractivity contribution is -0.129. The molecule has 1 amide bonds. The lowest BCUT2D eigenvalue weighted by Gasteiger charge is -2.19. The molecule has 0 aliphatic rings. The molecule has 27 heavy (non-hydrogen) atoms. The van der Waals surface area contributed by atoms with E-state index in [0.717, 1.165) is 11.1 Å². The van der Waals surface area contributed by atoms with Crippen molar-refractivity contribution in [2.24, 2.45) is 0 Å². The van der Waals surface area contributed by atoms with Gasteiger partial charge in [0.2, 0.25) is 11.8 Å². The van der Waals surface area contributed by atoms with Gasteiger partial charge in [-0.15, -0.1) is 10.2 Å². The van der Waals surface area contributed by atoms with E-state index in [4.69, 9.17) is 14.1 Å². The van der Waals surface area contributed by atoms with Gasteiger partial charge in [-0.05, 0) is 31.2 Å². The predicted molar refractivity (Wildman–Crippen MR) is 99.6 cm³/mol.